The van der Waals surface area contributed by atoms with Crippen molar-refractivity contribution in [2.75, 3.05) is 6.54 Å². The molecule has 0 bridgehead atoms. The summed E-state index contributed by atoms with van der Waals surface area (Å²) in [6.07, 6.45) is 3.09. The van der Waals surface area contributed by atoms with E-state index in [4.69, 9.17) is 4.74 Å². The van der Waals surface area contributed by atoms with Crippen molar-refractivity contribution in [1.29, 1.82) is 0 Å². The first-order chi connectivity index (χ1) is 13.3. The first-order valence-corrected chi connectivity index (χ1v) is 9.73. The summed E-state index contributed by atoms with van der Waals surface area (Å²) in [6, 6.07) is 6.38. The topological polar surface area (TPSA) is 81.5 Å². The molecule has 4 rings (SSSR count). The average Bonchev–Trinajstić information content (AvgIpc) is 2.64. The van der Waals surface area contributed by atoms with E-state index in [1.807, 2.05) is 19.9 Å². The number of fused-ring (bicyclic) bond motifs is 2. The molecule has 2 aromatic rings. The van der Waals surface area contributed by atoms with Gasteiger partial charge in [-0.25, -0.2) is 4.98 Å². The predicted octanol–water partition coefficient (Wildman–Crippen LogP) is 2.09. The van der Waals surface area contributed by atoms with Crippen LogP contribution in [0.2, 0.25) is 0 Å². The molecule has 7 nitrogen and oxygen atoms in total. The van der Waals surface area contributed by atoms with Gasteiger partial charge in [-0.05, 0) is 45.4 Å². The molecule has 7 heteroatoms. The van der Waals surface area contributed by atoms with E-state index in [-0.39, 0.29) is 35.9 Å². The Labute approximate surface area is 163 Å². The van der Waals surface area contributed by atoms with Crippen molar-refractivity contribution in [2.24, 2.45) is 0 Å². The number of hydrogen-bond donors (Lipinski definition) is 0. The number of carbonyl (C=O) groups excluding carboxylic acids is 2. The van der Waals surface area contributed by atoms with Crippen molar-refractivity contribution < 1.29 is 14.3 Å². The Hall–Kier alpha value is -2.54. The third-order valence-electron chi connectivity index (χ3n) is 6.13. The normalized spacial score (nSPS) is 27.4. The van der Waals surface area contributed by atoms with Gasteiger partial charge in [-0.15, -0.1) is 0 Å². The van der Waals surface area contributed by atoms with Crippen LogP contribution in [0, 0.1) is 0 Å². The average molecular weight is 383 g/mol. The summed E-state index contributed by atoms with van der Waals surface area (Å²) in [5.74, 6) is -0.348. The van der Waals surface area contributed by atoms with Gasteiger partial charge in [0.1, 0.15) is 12.1 Å². The van der Waals surface area contributed by atoms with Crippen LogP contribution >= 0.6 is 0 Å². The number of nitrogens with zero attached hydrogens (tertiary/aromatic N) is 3. The van der Waals surface area contributed by atoms with Gasteiger partial charge in [0.05, 0.1) is 23.3 Å². The number of aromatic nitrogens is 2. The third-order valence-corrected chi connectivity index (χ3v) is 6.13. The lowest BCUT2D eigenvalue weighted by Gasteiger charge is -2.55. The smallest absolute Gasteiger partial charge is 0.302 e. The second kappa shape index (κ2) is 6.81. The third kappa shape index (κ3) is 2.94. The van der Waals surface area contributed by atoms with Crippen LogP contribution in [0.25, 0.3) is 10.9 Å². The van der Waals surface area contributed by atoms with Crippen molar-refractivity contribution in [3.8, 4) is 0 Å². The second-order valence-corrected chi connectivity index (χ2v) is 8.25. The molecule has 0 aliphatic carbocycles. The maximum Gasteiger partial charge on any atom is 0.302 e. The Morgan fingerprint density at radius 2 is 2.00 bits per heavy atom. The van der Waals surface area contributed by atoms with Crippen LogP contribution in [-0.4, -0.2) is 50.4 Å². The first kappa shape index (κ1) is 18.8. The molecule has 3 atom stereocenters. The van der Waals surface area contributed by atoms with Crippen molar-refractivity contribution in [3.05, 3.63) is 40.9 Å². The molecule has 0 N–H and O–H groups in total. The van der Waals surface area contributed by atoms with Crippen molar-refractivity contribution in [1.82, 2.24) is 14.5 Å². The number of para-hydroxylation sites is 1. The molecule has 0 radical (unpaired) electrons. The number of piperidine rings is 2. The molecule has 28 heavy (non-hydrogen) atoms. The molecule has 2 aliphatic heterocycles. The van der Waals surface area contributed by atoms with Gasteiger partial charge in [0.15, 0.2) is 5.78 Å². The fourth-order valence-electron chi connectivity index (χ4n) is 4.96. The Morgan fingerprint density at radius 3 is 2.75 bits per heavy atom. The van der Waals surface area contributed by atoms with Gasteiger partial charge in [-0.1, -0.05) is 12.1 Å². The van der Waals surface area contributed by atoms with Gasteiger partial charge in [0, 0.05) is 18.9 Å². The van der Waals surface area contributed by atoms with E-state index in [2.05, 4.69) is 9.88 Å². The molecule has 0 saturated carbocycles. The Balaban J connectivity index is 1.76. The quantitative estimate of drug-likeness (QED) is 0.739. The van der Waals surface area contributed by atoms with Crippen LogP contribution in [0.15, 0.2) is 35.4 Å². The van der Waals surface area contributed by atoms with Crippen LogP contribution in [0.4, 0.5) is 0 Å². The molecule has 1 aromatic heterocycles. The summed E-state index contributed by atoms with van der Waals surface area (Å²) in [7, 11) is 0. The molecule has 0 amide bonds. The minimum atomic E-state index is -0.635. The van der Waals surface area contributed by atoms with Gasteiger partial charge in [0.2, 0.25) is 0 Å². The largest absolute Gasteiger partial charge is 0.461 e. The number of rotatable bonds is 2. The maximum absolute atomic E-state index is 13.2. The van der Waals surface area contributed by atoms with Gasteiger partial charge in [-0.3, -0.25) is 23.9 Å². The van der Waals surface area contributed by atoms with Crippen LogP contribution in [0.5, 0.6) is 0 Å². The standard InChI is InChI=1S/C21H25N3O4/c1-13(25)28-18-9-6-10-24-16(18)11-17(26)19(21(24,2)3)23-12-22-15-8-5-4-7-14(15)20(23)27/h4-5,7-8,12,16,18-19H,6,9-11H2,1-3H3/t16-,18+,19+/m1/s1. The van der Waals surface area contributed by atoms with Gasteiger partial charge >= 0.3 is 5.97 Å². The van der Waals surface area contributed by atoms with E-state index in [9.17, 15) is 14.4 Å². The van der Waals surface area contributed by atoms with Crippen LogP contribution in [-0.2, 0) is 14.3 Å². The van der Waals surface area contributed by atoms with E-state index in [0.717, 1.165) is 19.4 Å². The van der Waals surface area contributed by atoms with Crippen LogP contribution < -0.4 is 5.56 Å². The van der Waals surface area contributed by atoms with Crippen LogP contribution in [0.3, 0.4) is 0 Å². The summed E-state index contributed by atoms with van der Waals surface area (Å²) >= 11 is 0. The molecule has 2 saturated heterocycles. The number of carbonyl (C=O) groups is 2. The van der Waals surface area contributed by atoms with Crippen molar-refractivity contribution >= 4 is 22.7 Å². The highest BCUT2D eigenvalue weighted by Gasteiger charge is 2.52. The van der Waals surface area contributed by atoms with E-state index < -0.39 is 11.6 Å². The Morgan fingerprint density at radius 1 is 1.25 bits per heavy atom. The molecule has 0 spiro atoms. The molecule has 1 aromatic carbocycles. The highest BCUT2D eigenvalue weighted by Crippen LogP contribution is 2.41. The van der Waals surface area contributed by atoms with E-state index in [0.29, 0.717) is 10.9 Å². The lowest BCUT2D eigenvalue weighted by Crippen LogP contribution is -2.67. The Kier molecular flexibility index (Phi) is 4.57. The highest BCUT2D eigenvalue weighted by atomic mass is 16.5. The van der Waals surface area contributed by atoms with Crippen LogP contribution in [0.1, 0.15) is 46.1 Å². The van der Waals surface area contributed by atoms with E-state index in [1.54, 1.807) is 18.2 Å². The highest BCUT2D eigenvalue weighted by molar-refractivity contribution is 5.86. The van der Waals surface area contributed by atoms with E-state index in [1.165, 1.54) is 17.8 Å². The molecule has 2 aliphatic rings. The Bertz CT molecular complexity index is 997. The number of Topliss-reactive ketones (excluding diaryl/α,β-unsaturated/α-hetero) is 1. The van der Waals surface area contributed by atoms with Gasteiger partial charge in [-0.2, -0.15) is 0 Å². The summed E-state index contributed by atoms with van der Waals surface area (Å²) in [5.41, 5.74) is -0.188. The molecule has 0 unspecified atom stereocenters. The SMILES string of the molecule is CC(=O)O[C@H]1CCCN2[C@@H]1CC(=O)[C@H](n1cnc3ccccc3c1=O)C2(C)C. The predicted molar refractivity (Wildman–Crippen MR) is 104 cm³/mol. The minimum absolute atomic E-state index is 0.0236. The van der Waals surface area contributed by atoms with Crippen molar-refractivity contribution in [3.63, 3.8) is 0 Å². The fraction of sp³-hybridized carbons (Fsp3) is 0.524. The molecule has 148 valence electrons. The summed E-state index contributed by atoms with van der Waals surface area (Å²) in [4.78, 5) is 44.5. The zero-order valence-electron chi connectivity index (χ0n) is 16.4. The molecular weight excluding hydrogens is 358 g/mol. The second-order valence-electron chi connectivity index (χ2n) is 8.25. The van der Waals surface area contributed by atoms with Gasteiger partial charge < -0.3 is 4.74 Å². The maximum atomic E-state index is 13.2. The molecule has 3 heterocycles. The zero-order chi connectivity index (χ0) is 20.1. The summed E-state index contributed by atoms with van der Waals surface area (Å²) in [5, 5.41) is 0.507. The number of hydrogen-bond acceptors (Lipinski definition) is 6. The number of ether oxygens (including phenoxy) is 1. The summed E-state index contributed by atoms with van der Waals surface area (Å²) < 4.78 is 6.99. The lowest BCUT2D eigenvalue weighted by molar-refractivity contribution is -0.165. The molecule has 2 fully saturated rings. The minimum Gasteiger partial charge on any atom is -0.461 e. The summed E-state index contributed by atoms with van der Waals surface area (Å²) in [6.45, 7) is 6.17. The monoisotopic (exact) mass is 383 g/mol. The van der Waals surface area contributed by atoms with Gasteiger partial charge in [0.25, 0.3) is 5.56 Å². The zero-order valence-corrected chi connectivity index (χ0v) is 16.4. The number of esters is 1. The van der Waals surface area contributed by atoms with E-state index >= 15 is 0 Å². The number of ketones is 1. The lowest BCUT2D eigenvalue weighted by atomic mass is 9.76. The van der Waals surface area contributed by atoms with Crippen molar-refractivity contribution in [2.45, 2.75) is 63.8 Å². The first-order valence-electron chi connectivity index (χ1n) is 9.73. The fourth-order valence-corrected chi connectivity index (χ4v) is 4.96. The number of benzene rings is 1. The molecular formula is C21H25N3O4.